The number of likely N-dealkylation sites (tertiary alicyclic amines) is 1. The molecule has 1 aromatic heterocycles. The van der Waals surface area contributed by atoms with Crippen molar-refractivity contribution >= 4 is 23.3 Å². The van der Waals surface area contributed by atoms with Crippen molar-refractivity contribution in [3.05, 3.63) is 52.0 Å². The van der Waals surface area contributed by atoms with E-state index >= 15 is 0 Å². The van der Waals surface area contributed by atoms with Crippen molar-refractivity contribution in [1.82, 2.24) is 19.9 Å². The minimum Gasteiger partial charge on any atom is -0.350 e. The molecule has 0 spiro atoms. The molecule has 11 heteroatoms. The van der Waals surface area contributed by atoms with Crippen LogP contribution in [0.1, 0.15) is 64.5 Å². The highest BCUT2D eigenvalue weighted by Gasteiger charge is 2.33. The van der Waals surface area contributed by atoms with Gasteiger partial charge in [-0.05, 0) is 73.8 Å². The van der Waals surface area contributed by atoms with Gasteiger partial charge >= 0.3 is 6.18 Å². The van der Waals surface area contributed by atoms with Gasteiger partial charge < -0.3 is 10.6 Å². The SMILES string of the molecule is O=C(CNC(=O)c1cccc(C(F)(F)F)c1)N[C@@H]1CCN(C2CCC(c3cc(CF)ns3)CC2)C1. The van der Waals surface area contributed by atoms with Crippen LogP contribution in [0, 0.1) is 0 Å². The Hall–Kier alpha value is -2.53. The Labute approximate surface area is 205 Å². The normalized spacial score (nSPS) is 23.3. The van der Waals surface area contributed by atoms with Gasteiger partial charge in [0.25, 0.3) is 5.91 Å². The highest BCUT2D eigenvalue weighted by Crippen LogP contribution is 2.37. The molecule has 1 atom stereocenters. The first-order chi connectivity index (χ1) is 16.7. The Morgan fingerprint density at radius 3 is 2.57 bits per heavy atom. The van der Waals surface area contributed by atoms with E-state index in [1.165, 1.54) is 17.6 Å². The van der Waals surface area contributed by atoms with E-state index in [0.29, 0.717) is 17.7 Å². The summed E-state index contributed by atoms with van der Waals surface area (Å²) in [6.07, 6.45) is 0.424. The number of hydrogen-bond acceptors (Lipinski definition) is 5. The minimum atomic E-state index is -4.54. The van der Waals surface area contributed by atoms with Gasteiger partial charge in [0.1, 0.15) is 6.67 Å². The first-order valence-electron chi connectivity index (χ1n) is 11.7. The summed E-state index contributed by atoms with van der Waals surface area (Å²) in [5, 5.41) is 5.31. The number of alkyl halides is 4. The first kappa shape index (κ1) is 25.6. The van der Waals surface area contributed by atoms with E-state index in [1.54, 1.807) is 0 Å². The first-order valence-corrected chi connectivity index (χ1v) is 12.5. The molecule has 1 saturated heterocycles. The van der Waals surface area contributed by atoms with Crippen molar-refractivity contribution < 1.29 is 27.2 Å². The fourth-order valence-electron chi connectivity index (χ4n) is 4.92. The van der Waals surface area contributed by atoms with Crippen LogP contribution in [0.25, 0.3) is 0 Å². The van der Waals surface area contributed by atoms with E-state index in [-0.39, 0.29) is 24.1 Å². The van der Waals surface area contributed by atoms with Crippen LogP contribution in [0.5, 0.6) is 0 Å². The van der Waals surface area contributed by atoms with Crippen LogP contribution in [0.2, 0.25) is 0 Å². The van der Waals surface area contributed by atoms with Crippen LogP contribution >= 0.6 is 11.5 Å². The average Bonchev–Trinajstić information content (AvgIpc) is 3.52. The highest BCUT2D eigenvalue weighted by molar-refractivity contribution is 7.05. The lowest BCUT2D eigenvalue weighted by molar-refractivity contribution is -0.137. The molecular formula is C24H28F4N4O2S. The number of halogens is 4. The third-order valence-corrected chi connectivity index (χ3v) is 7.76. The Balaban J connectivity index is 1.19. The van der Waals surface area contributed by atoms with Crippen molar-refractivity contribution in [2.75, 3.05) is 19.6 Å². The van der Waals surface area contributed by atoms with Crippen molar-refractivity contribution in [2.24, 2.45) is 0 Å². The molecule has 190 valence electrons. The molecule has 1 aliphatic heterocycles. The van der Waals surface area contributed by atoms with E-state index in [4.69, 9.17) is 0 Å². The monoisotopic (exact) mass is 512 g/mol. The Morgan fingerprint density at radius 1 is 1.11 bits per heavy atom. The van der Waals surface area contributed by atoms with Gasteiger partial charge in [-0.25, -0.2) is 4.39 Å². The Kier molecular flexibility index (Phi) is 8.05. The van der Waals surface area contributed by atoms with E-state index in [2.05, 4.69) is 19.9 Å². The van der Waals surface area contributed by atoms with E-state index in [0.717, 1.165) is 68.3 Å². The maximum absolute atomic E-state index is 12.8. The molecule has 35 heavy (non-hydrogen) atoms. The largest absolute Gasteiger partial charge is 0.416 e. The summed E-state index contributed by atoms with van der Waals surface area (Å²) < 4.78 is 55.4. The fraction of sp³-hybridized carbons (Fsp3) is 0.542. The maximum Gasteiger partial charge on any atom is 0.416 e. The summed E-state index contributed by atoms with van der Waals surface area (Å²) in [7, 11) is 0. The molecule has 0 unspecified atom stereocenters. The molecule has 2 heterocycles. The molecule has 0 bridgehead atoms. The molecule has 1 aliphatic carbocycles. The number of carbonyl (C=O) groups is 2. The molecule has 2 aliphatic rings. The standard InChI is InChI=1S/C24H28F4N4O2S/c25-12-19-11-21(35-31-19)15-4-6-20(7-5-15)32-9-8-18(14-32)30-22(33)13-29-23(34)16-2-1-3-17(10-16)24(26,27)28/h1-3,10-11,15,18,20H,4-9,12-14H2,(H,29,34)(H,30,33)/t15?,18-,20?/m1/s1. The summed E-state index contributed by atoms with van der Waals surface area (Å²) in [5.41, 5.74) is -0.544. The van der Waals surface area contributed by atoms with Crippen molar-refractivity contribution in [2.45, 2.75) is 63.0 Å². The average molecular weight is 513 g/mol. The van der Waals surface area contributed by atoms with E-state index in [1.807, 2.05) is 6.07 Å². The third-order valence-electron chi connectivity index (χ3n) is 6.78. The molecule has 2 N–H and O–H groups in total. The van der Waals surface area contributed by atoms with Gasteiger partial charge in [-0.1, -0.05) is 6.07 Å². The topological polar surface area (TPSA) is 74.3 Å². The summed E-state index contributed by atoms with van der Waals surface area (Å²) >= 11 is 1.40. The van der Waals surface area contributed by atoms with Crippen LogP contribution in [0.3, 0.4) is 0 Å². The van der Waals surface area contributed by atoms with Gasteiger partial charge in [0.2, 0.25) is 5.91 Å². The quantitative estimate of drug-likeness (QED) is 0.544. The molecule has 2 aromatic rings. The van der Waals surface area contributed by atoms with Gasteiger partial charge in [0.15, 0.2) is 0 Å². The number of nitrogens with zero attached hydrogens (tertiary/aromatic N) is 2. The Bertz CT molecular complexity index is 1040. The van der Waals surface area contributed by atoms with Gasteiger partial charge in [-0.3, -0.25) is 14.5 Å². The fourth-order valence-corrected chi connectivity index (χ4v) is 5.82. The van der Waals surface area contributed by atoms with Crippen LogP contribution in [0.4, 0.5) is 17.6 Å². The van der Waals surface area contributed by atoms with Crippen LogP contribution in [-0.2, 0) is 17.6 Å². The van der Waals surface area contributed by atoms with Crippen molar-refractivity contribution in [1.29, 1.82) is 0 Å². The van der Waals surface area contributed by atoms with E-state index < -0.39 is 24.3 Å². The molecular weight excluding hydrogens is 484 g/mol. The number of hydrogen-bond donors (Lipinski definition) is 2. The minimum absolute atomic E-state index is 0.0284. The zero-order chi connectivity index (χ0) is 25.0. The molecule has 1 saturated carbocycles. The molecule has 1 aromatic carbocycles. The molecule has 2 amide bonds. The smallest absolute Gasteiger partial charge is 0.350 e. The summed E-state index contributed by atoms with van der Waals surface area (Å²) in [5.74, 6) is -0.659. The van der Waals surface area contributed by atoms with Gasteiger partial charge in [-0.15, -0.1) is 0 Å². The summed E-state index contributed by atoms with van der Waals surface area (Å²) in [6, 6.07) is 6.40. The maximum atomic E-state index is 12.8. The zero-order valence-electron chi connectivity index (χ0n) is 19.1. The number of benzene rings is 1. The second-order valence-electron chi connectivity index (χ2n) is 9.17. The molecule has 2 fully saturated rings. The zero-order valence-corrected chi connectivity index (χ0v) is 19.9. The second kappa shape index (κ2) is 11.0. The predicted octanol–water partition coefficient (Wildman–Crippen LogP) is 4.28. The van der Waals surface area contributed by atoms with Crippen LogP contribution in [-0.4, -0.2) is 52.8 Å². The van der Waals surface area contributed by atoms with Gasteiger partial charge in [-0.2, -0.15) is 17.5 Å². The number of rotatable bonds is 7. The van der Waals surface area contributed by atoms with Gasteiger partial charge in [0, 0.05) is 35.6 Å². The van der Waals surface area contributed by atoms with Crippen molar-refractivity contribution in [3.8, 4) is 0 Å². The lowest BCUT2D eigenvalue weighted by Gasteiger charge is -2.34. The van der Waals surface area contributed by atoms with Crippen LogP contribution in [0.15, 0.2) is 30.3 Å². The summed E-state index contributed by atoms with van der Waals surface area (Å²) in [6.45, 7) is 0.784. The number of nitrogens with one attached hydrogen (secondary N) is 2. The highest BCUT2D eigenvalue weighted by atomic mass is 32.1. The number of carbonyl (C=O) groups excluding carboxylic acids is 2. The van der Waals surface area contributed by atoms with Gasteiger partial charge in [0.05, 0.1) is 17.8 Å². The predicted molar refractivity (Wildman–Crippen MR) is 124 cm³/mol. The van der Waals surface area contributed by atoms with E-state index in [9.17, 15) is 27.2 Å². The molecule has 0 radical (unpaired) electrons. The third kappa shape index (κ3) is 6.58. The molecule has 6 nitrogen and oxygen atoms in total. The Morgan fingerprint density at radius 2 is 1.89 bits per heavy atom. The lowest BCUT2D eigenvalue weighted by Crippen LogP contribution is -2.44. The second-order valence-corrected chi connectivity index (χ2v) is 10.0. The van der Waals surface area contributed by atoms with Crippen molar-refractivity contribution in [3.63, 3.8) is 0 Å². The molecule has 4 rings (SSSR count). The van der Waals surface area contributed by atoms with Crippen LogP contribution < -0.4 is 10.6 Å². The lowest BCUT2D eigenvalue weighted by atomic mass is 9.84. The summed E-state index contributed by atoms with van der Waals surface area (Å²) in [4.78, 5) is 28.1. The number of aromatic nitrogens is 1. The number of amides is 2.